The summed E-state index contributed by atoms with van der Waals surface area (Å²) in [6, 6.07) is -1.39. The summed E-state index contributed by atoms with van der Waals surface area (Å²) in [7, 11) is 2.43. The first-order valence-corrected chi connectivity index (χ1v) is 4.47. The molecule has 8 heteroatoms. The molecule has 1 N–H and O–H groups in total. The minimum absolute atomic E-state index is 0.428. The maximum absolute atomic E-state index is 13.0. The van der Waals surface area contributed by atoms with Crippen LogP contribution in [0.3, 0.4) is 0 Å². The van der Waals surface area contributed by atoms with Gasteiger partial charge < -0.3 is 5.11 Å². The number of hydrogen-bond acceptors (Lipinski definition) is 3. The molecule has 1 unspecified atom stereocenters. The van der Waals surface area contributed by atoms with Crippen LogP contribution in [-0.2, 0) is 9.63 Å². The second-order valence-corrected chi connectivity index (χ2v) is 3.50. The van der Waals surface area contributed by atoms with Gasteiger partial charge in [-0.15, -0.1) is 0 Å². The minimum Gasteiger partial charge on any atom is -0.465 e. The molecule has 6 nitrogen and oxygen atoms in total. The molecule has 1 rings (SSSR count). The summed E-state index contributed by atoms with van der Waals surface area (Å²) >= 11 is 0. The number of carbonyl (C=O) groups is 2. The number of halogens is 2. The number of alkyl halides is 2. The van der Waals surface area contributed by atoms with E-state index in [-0.39, 0.29) is 0 Å². The van der Waals surface area contributed by atoms with E-state index in [9.17, 15) is 18.4 Å². The van der Waals surface area contributed by atoms with Crippen molar-refractivity contribution in [2.24, 2.45) is 0 Å². The quantitative estimate of drug-likeness (QED) is 0.707. The van der Waals surface area contributed by atoms with E-state index < -0.39 is 36.9 Å². The highest BCUT2D eigenvalue weighted by molar-refractivity contribution is 5.85. The number of rotatable bonds is 2. The van der Waals surface area contributed by atoms with Gasteiger partial charge in [0.2, 0.25) is 0 Å². The summed E-state index contributed by atoms with van der Waals surface area (Å²) in [4.78, 5) is 27.2. The average Bonchev–Trinajstić information content (AvgIpc) is 2.52. The van der Waals surface area contributed by atoms with E-state index >= 15 is 0 Å². The summed E-state index contributed by atoms with van der Waals surface area (Å²) in [6.07, 6.45) is -2.36. The first kappa shape index (κ1) is 12.6. The Balaban J connectivity index is 2.85. The zero-order valence-electron chi connectivity index (χ0n) is 8.81. The fraction of sp³-hybridized carbons (Fsp3) is 0.750. The number of carbonyl (C=O) groups excluding carboxylic acids is 1. The summed E-state index contributed by atoms with van der Waals surface area (Å²) in [5.41, 5.74) is 0. The van der Waals surface area contributed by atoms with E-state index in [1.165, 1.54) is 14.2 Å². The van der Waals surface area contributed by atoms with E-state index in [1.54, 1.807) is 0 Å². The second kappa shape index (κ2) is 4.20. The highest BCUT2D eigenvalue weighted by Crippen LogP contribution is 2.32. The Bertz CT molecular complexity index is 310. The monoisotopic (exact) mass is 238 g/mol. The molecule has 1 saturated heterocycles. The molecular weight excluding hydrogens is 226 g/mol. The normalized spacial score (nSPS) is 23.2. The van der Waals surface area contributed by atoms with Gasteiger partial charge in [0.05, 0.1) is 13.7 Å². The Morgan fingerprint density at radius 2 is 2.12 bits per heavy atom. The van der Waals surface area contributed by atoms with Crippen molar-refractivity contribution >= 4 is 12.0 Å². The number of amides is 2. The maximum Gasteiger partial charge on any atom is 0.408 e. The van der Waals surface area contributed by atoms with Gasteiger partial charge in [-0.2, -0.15) is 0 Å². The van der Waals surface area contributed by atoms with Crippen molar-refractivity contribution in [2.45, 2.75) is 18.4 Å². The van der Waals surface area contributed by atoms with Gasteiger partial charge >= 0.3 is 6.09 Å². The van der Waals surface area contributed by atoms with Crippen LogP contribution >= 0.6 is 0 Å². The predicted molar refractivity (Wildman–Crippen MR) is 47.9 cm³/mol. The van der Waals surface area contributed by atoms with E-state index in [0.29, 0.717) is 4.90 Å². The van der Waals surface area contributed by atoms with Crippen molar-refractivity contribution in [3.05, 3.63) is 0 Å². The molecule has 1 fully saturated rings. The van der Waals surface area contributed by atoms with E-state index in [1.807, 2.05) is 0 Å². The Hall–Kier alpha value is -1.44. The Labute approximate surface area is 90.3 Å². The van der Waals surface area contributed by atoms with Gasteiger partial charge in [-0.25, -0.2) is 18.6 Å². The van der Waals surface area contributed by atoms with Crippen molar-refractivity contribution in [2.75, 3.05) is 20.7 Å². The molecule has 16 heavy (non-hydrogen) atoms. The van der Waals surface area contributed by atoms with Gasteiger partial charge in [0.15, 0.2) is 0 Å². The largest absolute Gasteiger partial charge is 0.465 e. The molecule has 0 aromatic carbocycles. The van der Waals surface area contributed by atoms with Gasteiger partial charge in [0, 0.05) is 13.5 Å². The molecule has 0 aromatic rings. The minimum atomic E-state index is -3.17. The average molecular weight is 238 g/mol. The Morgan fingerprint density at radius 3 is 2.56 bits per heavy atom. The fourth-order valence-corrected chi connectivity index (χ4v) is 1.54. The molecule has 0 saturated carbocycles. The SMILES string of the molecule is CON(C)C(=O)C1CC(F)(F)CN1C(=O)O. The molecule has 92 valence electrons. The number of nitrogens with zero attached hydrogens (tertiary/aromatic N) is 2. The molecule has 0 radical (unpaired) electrons. The predicted octanol–water partition coefficient (Wildman–Crippen LogP) is 0.394. The number of likely N-dealkylation sites (N-methyl/N-ethyl adjacent to an activating group) is 1. The van der Waals surface area contributed by atoms with Crippen LogP contribution in [0.2, 0.25) is 0 Å². The van der Waals surface area contributed by atoms with E-state index in [4.69, 9.17) is 5.11 Å². The molecular formula is C8H12F2N2O4. The van der Waals surface area contributed by atoms with Gasteiger partial charge in [-0.05, 0) is 0 Å². The van der Waals surface area contributed by atoms with Crippen molar-refractivity contribution in [3.8, 4) is 0 Å². The Morgan fingerprint density at radius 1 is 1.56 bits per heavy atom. The topological polar surface area (TPSA) is 70.1 Å². The van der Waals surface area contributed by atoms with Gasteiger partial charge in [0.25, 0.3) is 11.8 Å². The standard InChI is InChI=1S/C8H12F2N2O4/c1-11(16-2)6(13)5-3-8(9,10)4-12(5)7(14)15/h5H,3-4H2,1-2H3,(H,14,15). The lowest BCUT2D eigenvalue weighted by molar-refractivity contribution is -0.173. The van der Waals surface area contributed by atoms with Gasteiger partial charge in [-0.3, -0.25) is 14.5 Å². The van der Waals surface area contributed by atoms with E-state index in [2.05, 4.69) is 4.84 Å². The summed E-state index contributed by atoms with van der Waals surface area (Å²) in [5.74, 6) is -3.98. The highest BCUT2D eigenvalue weighted by atomic mass is 19.3. The number of carboxylic acid groups (broad SMARTS) is 1. The molecule has 0 aromatic heterocycles. The Kier molecular flexibility index (Phi) is 3.32. The van der Waals surface area contributed by atoms with Crippen LogP contribution < -0.4 is 0 Å². The third-order valence-corrected chi connectivity index (χ3v) is 2.38. The molecule has 0 aliphatic carbocycles. The van der Waals surface area contributed by atoms with E-state index in [0.717, 1.165) is 5.06 Å². The number of likely N-dealkylation sites (tertiary alicyclic amines) is 1. The van der Waals surface area contributed by atoms with Crippen LogP contribution in [0.25, 0.3) is 0 Å². The van der Waals surface area contributed by atoms with Gasteiger partial charge in [-0.1, -0.05) is 0 Å². The lowest BCUT2D eigenvalue weighted by Gasteiger charge is -2.23. The van der Waals surface area contributed by atoms with Crippen LogP contribution in [0.5, 0.6) is 0 Å². The lowest BCUT2D eigenvalue weighted by Crippen LogP contribution is -2.45. The number of hydrogen-bond donors (Lipinski definition) is 1. The maximum atomic E-state index is 13.0. The van der Waals surface area contributed by atoms with Crippen LogP contribution in [0.15, 0.2) is 0 Å². The third-order valence-electron chi connectivity index (χ3n) is 2.38. The van der Waals surface area contributed by atoms with Crippen LogP contribution in [0, 0.1) is 0 Å². The van der Waals surface area contributed by atoms with Crippen molar-refractivity contribution < 1.29 is 28.3 Å². The first-order valence-electron chi connectivity index (χ1n) is 4.47. The van der Waals surface area contributed by atoms with Crippen molar-refractivity contribution in [1.29, 1.82) is 0 Å². The molecule has 1 heterocycles. The second-order valence-electron chi connectivity index (χ2n) is 3.50. The smallest absolute Gasteiger partial charge is 0.408 e. The third kappa shape index (κ3) is 2.38. The zero-order chi connectivity index (χ0) is 12.5. The van der Waals surface area contributed by atoms with Crippen LogP contribution in [0.4, 0.5) is 13.6 Å². The molecule has 0 bridgehead atoms. The lowest BCUT2D eigenvalue weighted by atomic mass is 10.2. The fourth-order valence-electron chi connectivity index (χ4n) is 1.54. The highest BCUT2D eigenvalue weighted by Gasteiger charge is 2.51. The molecule has 0 spiro atoms. The van der Waals surface area contributed by atoms with Crippen LogP contribution in [0.1, 0.15) is 6.42 Å². The first-order chi connectivity index (χ1) is 7.28. The zero-order valence-corrected chi connectivity index (χ0v) is 8.81. The summed E-state index contributed by atoms with van der Waals surface area (Å²) < 4.78 is 26.0. The number of hydroxylamine groups is 2. The van der Waals surface area contributed by atoms with Crippen LogP contribution in [-0.4, -0.2) is 59.7 Å². The summed E-state index contributed by atoms with van der Waals surface area (Å²) in [6.45, 7) is -0.962. The molecule has 1 atom stereocenters. The summed E-state index contributed by atoms with van der Waals surface area (Å²) in [5, 5.41) is 9.44. The van der Waals surface area contributed by atoms with Crippen molar-refractivity contribution in [3.63, 3.8) is 0 Å². The molecule has 2 amide bonds. The molecule has 1 aliphatic heterocycles. The van der Waals surface area contributed by atoms with Crippen molar-refractivity contribution in [1.82, 2.24) is 9.96 Å². The molecule has 1 aliphatic rings. The van der Waals surface area contributed by atoms with Gasteiger partial charge in [0.1, 0.15) is 6.04 Å².